The first kappa shape index (κ1) is 9.45. The van der Waals surface area contributed by atoms with Crippen LogP contribution in [0.3, 0.4) is 0 Å². The molecule has 1 heterocycles. The molecule has 0 aliphatic carbocycles. The summed E-state index contributed by atoms with van der Waals surface area (Å²) in [5, 5.41) is 0. The minimum atomic E-state index is -0.0712. The van der Waals surface area contributed by atoms with Crippen molar-refractivity contribution in [2.45, 2.75) is 6.92 Å². The summed E-state index contributed by atoms with van der Waals surface area (Å²) in [5.41, 5.74) is 7.49. The SMILES string of the molecule is CC(=O)c1[nH]c(N)nc1-c1ccccc1. The average Bonchev–Trinajstić information content (AvgIpc) is 2.62. The van der Waals surface area contributed by atoms with Gasteiger partial charge in [-0.3, -0.25) is 4.79 Å². The topological polar surface area (TPSA) is 71.8 Å². The van der Waals surface area contributed by atoms with Crippen molar-refractivity contribution in [2.24, 2.45) is 0 Å². The summed E-state index contributed by atoms with van der Waals surface area (Å²) in [6.07, 6.45) is 0. The standard InChI is InChI=1S/C11H11N3O/c1-7(15)9-10(14-11(12)13-9)8-5-3-2-4-6-8/h2-6H,1H3,(H3,12,13,14). The average molecular weight is 201 g/mol. The van der Waals surface area contributed by atoms with Gasteiger partial charge >= 0.3 is 0 Å². The third kappa shape index (κ3) is 1.74. The number of hydrogen-bond acceptors (Lipinski definition) is 3. The van der Waals surface area contributed by atoms with Crippen molar-refractivity contribution in [2.75, 3.05) is 5.73 Å². The highest BCUT2D eigenvalue weighted by Gasteiger charge is 2.13. The third-order valence-electron chi connectivity index (χ3n) is 2.12. The van der Waals surface area contributed by atoms with Crippen molar-refractivity contribution in [3.63, 3.8) is 0 Å². The van der Waals surface area contributed by atoms with Crippen molar-refractivity contribution in [3.05, 3.63) is 36.0 Å². The Morgan fingerprint density at radius 1 is 1.33 bits per heavy atom. The van der Waals surface area contributed by atoms with Crippen LogP contribution in [0.1, 0.15) is 17.4 Å². The maximum atomic E-state index is 11.3. The second kappa shape index (κ2) is 3.57. The van der Waals surface area contributed by atoms with E-state index < -0.39 is 0 Å². The van der Waals surface area contributed by atoms with Crippen LogP contribution in [0.25, 0.3) is 11.3 Å². The lowest BCUT2D eigenvalue weighted by molar-refractivity contribution is 0.101. The Labute approximate surface area is 87.1 Å². The number of Topliss-reactive ketones (excluding diaryl/α,β-unsaturated/α-hetero) is 1. The van der Waals surface area contributed by atoms with Gasteiger partial charge < -0.3 is 10.7 Å². The fourth-order valence-electron chi connectivity index (χ4n) is 1.45. The van der Waals surface area contributed by atoms with Gasteiger partial charge in [-0.25, -0.2) is 4.98 Å². The van der Waals surface area contributed by atoms with Crippen molar-refractivity contribution in [1.29, 1.82) is 0 Å². The second-order valence-electron chi connectivity index (χ2n) is 3.27. The van der Waals surface area contributed by atoms with Gasteiger partial charge in [0.2, 0.25) is 0 Å². The number of nitrogens with zero attached hydrogens (tertiary/aromatic N) is 1. The smallest absolute Gasteiger partial charge is 0.198 e. The number of nitrogens with two attached hydrogens (primary N) is 1. The first-order chi connectivity index (χ1) is 7.18. The molecule has 0 amide bonds. The number of nitrogens with one attached hydrogen (secondary N) is 1. The van der Waals surface area contributed by atoms with E-state index in [2.05, 4.69) is 9.97 Å². The van der Waals surface area contributed by atoms with E-state index in [-0.39, 0.29) is 11.7 Å². The van der Waals surface area contributed by atoms with Crippen molar-refractivity contribution in [3.8, 4) is 11.3 Å². The maximum absolute atomic E-state index is 11.3. The number of carbonyl (C=O) groups excluding carboxylic acids is 1. The Balaban J connectivity index is 2.58. The Bertz CT molecular complexity index is 488. The molecule has 0 fully saturated rings. The van der Waals surface area contributed by atoms with E-state index in [1.54, 1.807) is 0 Å². The molecule has 15 heavy (non-hydrogen) atoms. The summed E-state index contributed by atoms with van der Waals surface area (Å²) < 4.78 is 0. The van der Waals surface area contributed by atoms with E-state index in [0.717, 1.165) is 5.56 Å². The summed E-state index contributed by atoms with van der Waals surface area (Å²) in [7, 11) is 0. The van der Waals surface area contributed by atoms with Gasteiger partial charge in [-0.2, -0.15) is 0 Å². The van der Waals surface area contributed by atoms with Crippen LogP contribution < -0.4 is 5.73 Å². The molecule has 0 bridgehead atoms. The molecule has 0 saturated heterocycles. The Hall–Kier alpha value is -2.10. The number of rotatable bonds is 2. The number of hydrogen-bond donors (Lipinski definition) is 2. The van der Waals surface area contributed by atoms with Crippen molar-refractivity contribution >= 4 is 11.7 Å². The molecule has 4 heteroatoms. The summed E-state index contributed by atoms with van der Waals surface area (Å²) >= 11 is 0. The highest BCUT2D eigenvalue weighted by molar-refractivity contribution is 5.98. The Morgan fingerprint density at radius 2 is 2.00 bits per heavy atom. The van der Waals surface area contributed by atoms with Crippen LogP contribution in [0, 0.1) is 0 Å². The van der Waals surface area contributed by atoms with Crippen LogP contribution in [0.4, 0.5) is 5.95 Å². The highest BCUT2D eigenvalue weighted by Crippen LogP contribution is 2.22. The predicted octanol–water partition coefficient (Wildman–Crippen LogP) is 1.86. The molecule has 0 radical (unpaired) electrons. The molecular weight excluding hydrogens is 190 g/mol. The maximum Gasteiger partial charge on any atom is 0.198 e. The minimum Gasteiger partial charge on any atom is -0.369 e. The molecule has 0 saturated carbocycles. The molecule has 0 unspecified atom stereocenters. The van der Waals surface area contributed by atoms with Crippen LogP contribution in [0.2, 0.25) is 0 Å². The van der Waals surface area contributed by atoms with Crippen LogP contribution in [0.5, 0.6) is 0 Å². The Morgan fingerprint density at radius 3 is 2.60 bits per heavy atom. The zero-order valence-corrected chi connectivity index (χ0v) is 8.32. The number of benzene rings is 1. The molecule has 2 aromatic rings. The van der Waals surface area contributed by atoms with Gasteiger partial charge in [0.25, 0.3) is 0 Å². The van der Waals surface area contributed by atoms with Crippen molar-refractivity contribution < 1.29 is 4.79 Å². The fraction of sp³-hybridized carbons (Fsp3) is 0.0909. The monoisotopic (exact) mass is 201 g/mol. The largest absolute Gasteiger partial charge is 0.369 e. The summed E-state index contributed by atoms with van der Waals surface area (Å²) in [5.74, 6) is 0.192. The minimum absolute atomic E-state index is 0.0712. The molecule has 1 aromatic carbocycles. The zero-order chi connectivity index (χ0) is 10.8. The number of ketones is 1. The predicted molar refractivity (Wildman–Crippen MR) is 58.4 cm³/mol. The van der Waals surface area contributed by atoms with Crippen molar-refractivity contribution in [1.82, 2.24) is 9.97 Å². The van der Waals surface area contributed by atoms with Crippen LogP contribution in [-0.2, 0) is 0 Å². The number of carbonyl (C=O) groups is 1. The second-order valence-corrected chi connectivity index (χ2v) is 3.27. The van der Waals surface area contributed by atoms with E-state index in [4.69, 9.17) is 5.73 Å². The van der Waals surface area contributed by atoms with E-state index >= 15 is 0 Å². The van der Waals surface area contributed by atoms with Gasteiger partial charge in [0.05, 0.1) is 0 Å². The van der Waals surface area contributed by atoms with E-state index in [0.29, 0.717) is 11.4 Å². The lowest BCUT2D eigenvalue weighted by Crippen LogP contribution is -1.95. The molecule has 0 atom stereocenters. The van der Waals surface area contributed by atoms with Gasteiger partial charge in [0, 0.05) is 12.5 Å². The molecule has 76 valence electrons. The number of anilines is 1. The summed E-state index contributed by atoms with van der Waals surface area (Å²) in [6.45, 7) is 1.49. The Kier molecular flexibility index (Phi) is 2.25. The number of H-pyrrole nitrogens is 1. The van der Waals surface area contributed by atoms with Crippen LogP contribution >= 0.6 is 0 Å². The zero-order valence-electron chi connectivity index (χ0n) is 8.32. The van der Waals surface area contributed by atoms with Gasteiger partial charge in [-0.15, -0.1) is 0 Å². The molecular formula is C11H11N3O. The lowest BCUT2D eigenvalue weighted by atomic mass is 10.1. The molecule has 0 aliphatic rings. The van der Waals surface area contributed by atoms with Gasteiger partial charge in [-0.1, -0.05) is 30.3 Å². The quantitative estimate of drug-likeness (QED) is 0.728. The lowest BCUT2D eigenvalue weighted by Gasteiger charge is -1.97. The molecule has 4 nitrogen and oxygen atoms in total. The molecule has 0 aliphatic heterocycles. The number of imidazole rings is 1. The first-order valence-corrected chi connectivity index (χ1v) is 4.60. The van der Waals surface area contributed by atoms with Gasteiger partial charge in [0.1, 0.15) is 11.4 Å². The van der Waals surface area contributed by atoms with E-state index in [9.17, 15) is 4.79 Å². The van der Waals surface area contributed by atoms with Gasteiger partial charge in [-0.05, 0) is 0 Å². The normalized spacial score (nSPS) is 10.2. The number of nitrogen functional groups attached to an aromatic ring is 1. The molecule has 3 N–H and O–H groups in total. The van der Waals surface area contributed by atoms with Crippen LogP contribution in [0.15, 0.2) is 30.3 Å². The van der Waals surface area contributed by atoms with E-state index in [1.165, 1.54) is 6.92 Å². The summed E-state index contributed by atoms with van der Waals surface area (Å²) in [4.78, 5) is 18.2. The molecule has 0 spiro atoms. The summed E-state index contributed by atoms with van der Waals surface area (Å²) in [6, 6.07) is 9.48. The third-order valence-corrected chi connectivity index (χ3v) is 2.12. The number of aromatic nitrogens is 2. The number of aromatic amines is 1. The molecule has 1 aromatic heterocycles. The van der Waals surface area contributed by atoms with Crippen LogP contribution in [-0.4, -0.2) is 15.8 Å². The molecule has 2 rings (SSSR count). The highest BCUT2D eigenvalue weighted by atomic mass is 16.1. The fourth-order valence-corrected chi connectivity index (χ4v) is 1.45. The van der Waals surface area contributed by atoms with E-state index in [1.807, 2.05) is 30.3 Å². The first-order valence-electron chi connectivity index (χ1n) is 4.60. The van der Waals surface area contributed by atoms with Gasteiger partial charge in [0.15, 0.2) is 11.7 Å².